The number of amides is 1. The van der Waals surface area contributed by atoms with E-state index in [9.17, 15) is 4.79 Å². The molecule has 2 aliphatic rings. The van der Waals surface area contributed by atoms with Gasteiger partial charge in [-0.15, -0.1) is 0 Å². The first kappa shape index (κ1) is 11.9. The Balaban J connectivity index is 1.91. The summed E-state index contributed by atoms with van der Waals surface area (Å²) in [5.74, 6) is 1.23. The quantitative estimate of drug-likeness (QED) is 0.773. The minimum absolute atomic E-state index is 0.116. The van der Waals surface area contributed by atoms with Gasteiger partial charge in [0.2, 0.25) is 5.91 Å². The minimum atomic E-state index is 0.116. The molecule has 2 fully saturated rings. The Hall–Kier alpha value is -0.570. The number of rotatable bonds is 5. The lowest BCUT2D eigenvalue weighted by molar-refractivity contribution is -0.136. The molecule has 0 radical (unpaired) electrons. The van der Waals surface area contributed by atoms with Crippen LogP contribution in [0.25, 0.3) is 0 Å². The van der Waals surface area contributed by atoms with Crippen molar-refractivity contribution in [3.8, 4) is 0 Å². The summed E-state index contributed by atoms with van der Waals surface area (Å²) in [6.07, 6.45) is 6.83. The Labute approximate surface area is 98.4 Å². The van der Waals surface area contributed by atoms with Crippen LogP contribution in [0.1, 0.15) is 45.4 Å². The minimum Gasteiger partial charge on any atom is -0.342 e. The van der Waals surface area contributed by atoms with Gasteiger partial charge < -0.3 is 10.6 Å². The van der Waals surface area contributed by atoms with Gasteiger partial charge >= 0.3 is 0 Å². The highest BCUT2D eigenvalue weighted by atomic mass is 16.2. The summed E-state index contributed by atoms with van der Waals surface area (Å²) in [5, 5.41) is 0. The van der Waals surface area contributed by atoms with E-state index in [2.05, 4.69) is 11.8 Å². The van der Waals surface area contributed by atoms with Gasteiger partial charge in [0.25, 0.3) is 0 Å². The molecule has 0 aliphatic heterocycles. The molecule has 92 valence electrons. The molecule has 2 aliphatic carbocycles. The lowest BCUT2D eigenvalue weighted by Crippen LogP contribution is -2.43. The van der Waals surface area contributed by atoms with Crippen LogP contribution in [-0.4, -0.2) is 29.9 Å². The molecule has 0 bridgehead atoms. The second-order valence-electron chi connectivity index (χ2n) is 5.43. The van der Waals surface area contributed by atoms with Gasteiger partial charge in [-0.05, 0) is 38.0 Å². The molecule has 3 heteroatoms. The Bertz CT molecular complexity index is 250. The lowest BCUT2D eigenvalue weighted by Gasteiger charge is -2.27. The molecule has 0 saturated heterocycles. The lowest BCUT2D eigenvalue weighted by atomic mass is 10.0. The van der Waals surface area contributed by atoms with Crippen LogP contribution < -0.4 is 5.73 Å². The second-order valence-corrected chi connectivity index (χ2v) is 5.43. The second kappa shape index (κ2) is 5.17. The third kappa shape index (κ3) is 2.76. The number of carbonyl (C=O) groups is 1. The van der Waals surface area contributed by atoms with Crippen molar-refractivity contribution in [3.63, 3.8) is 0 Å². The maximum absolute atomic E-state index is 12.4. The molecule has 16 heavy (non-hydrogen) atoms. The molecule has 0 aromatic carbocycles. The molecule has 0 aromatic rings. The monoisotopic (exact) mass is 224 g/mol. The Morgan fingerprint density at radius 2 is 2.06 bits per heavy atom. The van der Waals surface area contributed by atoms with E-state index in [1.54, 1.807) is 0 Å². The average molecular weight is 224 g/mol. The van der Waals surface area contributed by atoms with E-state index in [1.807, 2.05) is 0 Å². The molecule has 2 N–H and O–H groups in total. The normalized spacial score (nSPS) is 29.4. The summed E-state index contributed by atoms with van der Waals surface area (Å²) < 4.78 is 0. The van der Waals surface area contributed by atoms with Crippen LogP contribution in [0.2, 0.25) is 0 Å². The molecule has 0 heterocycles. The fraction of sp³-hybridized carbons (Fsp3) is 0.923. The van der Waals surface area contributed by atoms with Gasteiger partial charge in [-0.3, -0.25) is 4.79 Å². The summed E-state index contributed by atoms with van der Waals surface area (Å²) in [6, 6.07) is 0.117. The number of hydrogen-bond acceptors (Lipinski definition) is 2. The molecule has 2 saturated carbocycles. The summed E-state index contributed by atoms with van der Waals surface area (Å²) in [6.45, 7) is 4.04. The van der Waals surface area contributed by atoms with Gasteiger partial charge in [-0.1, -0.05) is 13.3 Å². The Morgan fingerprint density at radius 3 is 2.56 bits per heavy atom. The molecular formula is C13H24N2O. The predicted octanol–water partition coefficient (Wildman–Crippen LogP) is 1.76. The Morgan fingerprint density at radius 1 is 1.31 bits per heavy atom. The Kier molecular flexibility index (Phi) is 3.85. The van der Waals surface area contributed by atoms with E-state index in [0.717, 1.165) is 44.7 Å². The molecule has 3 nitrogen and oxygen atoms in total. The first-order valence-electron chi connectivity index (χ1n) is 6.76. The number of hydrogen-bond donors (Lipinski definition) is 1. The van der Waals surface area contributed by atoms with Gasteiger partial charge in [-0.25, -0.2) is 0 Å². The summed E-state index contributed by atoms with van der Waals surface area (Å²) in [4.78, 5) is 14.4. The van der Waals surface area contributed by atoms with Gasteiger partial charge in [0.15, 0.2) is 0 Å². The van der Waals surface area contributed by atoms with Gasteiger partial charge in [0, 0.05) is 19.1 Å². The largest absolute Gasteiger partial charge is 0.342 e. The molecule has 2 rings (SSSR count). The smallest absolute Gasteiger partial charge is 0.227 e. The van der Waals surface area contributed by atoms with E-state index in [1.165, 1.54) is 12.8 Å². The van der Waals surface area contributed by atoms with Gasteiger partial charge in [-0.2, -0.15) is 0 Å². The number of carbonyl (C=O) groups excluding carboxylic acids is 1. The molecule has 2 atom stereocenters. The maximum atomic E-state index is 12.4. The van der Waals surface area contributed by atoms with Crippen LogP contribution >= 0.6 is 0 Å². The fourth-order valence-electron chi connectivity index (χ4n) is 2.70. The van der Waals surface area contributed by atoms with E-state index >= 15 is 0 Å². The highest BCUT2D eigenvalue weighted by molar-refractivity contribution is 5.80. The molecule has 1 amide bonds. The maximum Gasteiger partial charge on any atom is 0.227 e. The zero-order valence-corrected chi connectivity index (χ0v) is 10.3. The fourth-order valence-corrected chi connectivity index (χ4v) is 2.70. The van der Waals surface area contributed by atoms with Crippen molar-refractivity contribution >= 4 is 5.91 Å². The van der Waals surface area contributed by atoms with E-state index in [-0.39, 0.29) is 12.0 Å². The zero-order valence-electron chi connectivity index (χ0n) is 10.3. The van der Waals surface area contributed by atoms with Crippen LogP contribution in [0.5, 0.6) is 0 Å². The average Bonchev–Trinajstić information content (AvgIpc) is 2.98. The van der Waals surface area contributed by atoms with Crippen molar-refractivity contribution < 1.29 is 4.79 Å². The topological polar surface area (TPSA) is 46.3 Å². The van der Waals surface area contributed by atoms with Crippen molar-refractivity contribution in [2.45, 2.75) is 51.5 Å². The van der Waals surface area contributed by atoms with Gasteiger partial charge in [0.05, 0.1) is 5.92 Å². The van der Waals surface area contributed by atoms with Crippen molar-refractivity contribution in [1.29, 1.82) is 0 Å². The molecule has 0 aromatic heterocycles. The molecule has 0 spiro atoms. The van der Waals surface area contributed by atoms with Crippen LogP contribution in [0.4, 0.5) is 0 Å². The van der Waals surface area contributed by atoms with Crippen molar-refractivity contribution in [3.05, 3.63) is 0 Å². The third-order valence-electron chi connectivity index (χ3n) is 3.87. The first-order valence-corrected chi connectivity index (χ1v) is 6.76. The SMILES string of the molecule is CCCN(CC1CC1)C(=O)C1CCCC1N. The van der Waals surface area contributed by atoms with Crippen molar-refractivity contribution in [2.75, 3.05) is 13.1 Å². The highest BCUT2D eigenvalue weighted by Gasteiger charge is 2.35. The van der Waals surface area contributed by atoms with Crippen molar-refractivity contribution in [1.82, 2.24) is 4.90 Å². The van der Waals surface area contributed by atoms with E-state index in [4.69, 9.17) is 5.73 Å². The summed E-state index contributed by atoms with van der Waals surface area (Å²) in [5.41, 5.74) is 6.01. The van der Waals surface area contributed by atoms with E-state index < -0.39 is 0 Å². The number of nitrogens with two attached hydrogens (primary N) is 1. The highest BCUT2D eigenvalue weighted by Crippen LogP contribution is 2.32. The predicted molar refractivity (Wildman–Crippen MR) is 64.9 cm³/mol. The van der Waals surface area contributed by atoms with Crippen LogP contribution in [-0.2, 0) is 4.79 Å². The van der Waals surface area contributed by atoms with Crippen LogP contribution in [0.3, 0.4) is 0 Å². The van der Waals surface area contributed by atoms with Crippen LogP contribution in [0.15, 0.2) is 0 Å². The van der Waals surface area contributed by atoms with Crippen LogP contribution in [0, 0.1) is 11.8 Å². The summed E-state index contributed by atoms with van der Waals surface area (Å²) >= 11 is 0. The standard InChI is InChI=1S/C13H24N2O/c1-2-8-15(9-10-6-7-10)13(16)11-4-3-5-12(11)14/h10-12H,2-9,14H2,1H3. The first-order chi connectivity index (χ1) is 7.72. The molecular weight excluding hydrogens is 200 g/mol. The van der Waals surface area contributed by atoms with E-state index in [0.29, 0.717) is 5.91 Å². The van der Waals surface area contributed by atoms with Crippen molar-refractivity contribution in [2.24, 2.45) is 17.6 Å². The third-order valence-corrected chi connectivity index (χ3v) is 3.87. The van der Waals surface area contributed by atoms with Gasteiger partial charge in [0.1, 0.15) is 0 Å². The zero-order chi connectivity index (χ0) is 11.5. The summed E-state index contributed by atoms with van der Waals surface area (Å²) in [7, 11) is 0. The molecule has 2 unspecified atom stereocenters. The number of nitrogens with zero attached hydrogens (tertiary/aromatic N) is 1.